The lowest BCUT2D eigenvalue weighted by atomic mass is 10.1. The van der Waals surface area contributed by atoms with Crippen LogP contribution in [0.3, 0.4) is 0 Å². The van der Waals surface area contributed by atoms with E-state index in [1.54, 1.807) is 7.11 Å². The van der Waals surface area contributed by atoms with Crippen molar-refractivity contribution in [1.82, 2.24) is 0 Å². The first-order valence-corrected chi connectivity index (χ1v) is 15.6. The third-order valence-electron chi connectivity index (χ3n) is 4.12. The van der Waals surface area contributed by atoms with Crippen LogP contribution in [0.25, 0.3) is 0 Å². The first-order chi connectivity index (χ1) is 11.0. The number of benzene rings is 1. The molecule has 0 aliphatic carbocycles. The molecular formula is C20H32O2Si2. The lowest BCUT2D eigenvalue weighted by Crippen LogP contribution is -2.28. The van der Waals surface area contributed by atoms with Crippen LogP contribution in [0.4, 0.5) is 0 Å². The summed E-state index contributed by atoms with van der Waals surface area (Å²) in [4.78, 5) is 0. The molecule has 0 amide bonds. The molecule has 0 fully saturated rings. The first-order valence-electron chi connectivity index (χ1n) is 8.58. The molecule has 0 saturated carbocycles. The molecule has 0 radical (unpaired) electrons. The van der Waals surface area contributed by atoms with Gasteiger partial charge in [-0.25, -0.2) is 0 Å². The van der Waals surface area contributed by atoms with Gasteiger partial charge in [-0.05, 0) is 34.5 Å². The average Bonchev–Trinajstić information content (AvgIpc) is 2.48. The van der Waals surface area contributed by atoms with Crippen LogP contribution in [0, 0.1) is 0 Å². The molecule has 1 N–H and O–H groups in total. The Balaban J connectivity index is 3.46. The van der Waals surface area contributed by atoms with Gasteiger partial charge in [-0.3, -0.25) is 0 Å². The number of ether oxygens (including phenoxy) is 1. The van der Waals surface area contributed by atoms with Crippen LogP contribution in [0.5, 0.6) is 5.75 Å². The number of methoxy groups -OCH3 is 1. The summed E-state index contributed by atoms with van der Waals surface area (Å²) in [5, 5.41) is 13.3. The summed E-state index contributed by atoms with van der Waals surface area (Å²) in [5.41, 5.74) is 7.70. The van der Waals surface area contributed by atoms with Crippen LogP contribution in [0.15, 0.2) is 46.1 Å². The molecular weight excluding hydrogens is 328 g/mol. The minimum Gasteiger partial charge on any atom is -0.497 e. The third-order valence-corrected chi connectivity index (χ3v) is 8.42. The van der Waals surface area contributed by atoms with Crippen molar-refractivity contribution in [3.05, 3.63) is 51.7 Å². The smallest absolute Gasteiger partial charge is 0.118 e. The van der Waals surface area contributed by atoms with E-state index in [0.29, 0.717) is 0 Å². The van der Waals surface area contributed by atoms with Gasteiger partial charge in [0.15, 0.2) is 0 Å². The molecule has 2 nitrogen and oxygen atoms in total. The largest absolute Gasteiger partial charge is 0.497 e. The van der Waals surface area contributed by atoms with E-state index in [0.717, 1.165) is 22.9 Å². The summed E-state index contributed by atoms with van der Waals surface area (Å²) in [6, 6.07) is 7.63. The average molecular weight is 361 g/mol. The minimum atomic E-state index is -1.73. The molecule has 1 unspecified atom stereocenters. The van der Waals surface area contributed by atoms with E-state index in [-0.39, 0.29) is 0 Å². The number of hydrogen-bond acceptors (Lipinski definition) is 2. The molecule has 0 aliphatic rings. The molecule has 1 aromatic carbocycles. The van der Waals surface area contributed by atoms with Gasteiger partial charge in [-0.1, -0.05) is 69.8 Å². The van der Waals surface area contributed by atoms with Crippen molar-refractivity contribution in [2.45, 2.75) is 58.7 Å². The van der Waals surface area contributed by atoms with Crippen LogP contribution >= 0.6 is 0 Å². The van der Waals surface area contributed by atoms with Gasteiger partial charge in [0.25, 0.3) is 0 Å². The molecule has 1 atom stereocenters. The lowest BCUT2D eigenvalue weighted by molar-refractivity contribution is 0.222. The van der Waals surface area contributed by atoms with E-state index < -0.39 is 22.3 Å². The van der Waals surface area contributed by atoms with Crippen molar-refractivity contribution in [2.24, 2.45) is 0 Å². The number of aliphatic hydroxyl groups is 1. The van der Waals surface area contributed by atoms with E-state index in [1.165, 1.54) is 5.20 Å². The Morgan fingerprint density at radius 2 is 1.54 bits per heavy atom. The molecule has 132 valence electrons. The van der Waals surface area contributed by atoms with E-state index in [2.05, 4.69) is 57.7 Å². The zero-order valence-electron chi connectivity index (χ0n) is 16.4. The van der Waals surface area contributed by atoms with Crippen molar-refractivity contribution in [2.75, 3.05) is 7.11 Å². The zero-order chi connectivity index (χ0) is 18.5. The first kappa shape index (κ1) is 20.8. The van der Waals surface area contributed by atoms with Gasteiger partial charge < -0.3 is 9.84 Å². The zero-order valence-corrected chi connectivity index (χ0v) is 18.4. The van der Waals surface area contributed by atoms with Crippen LogP contribution in [-0.4, -0.2) is 28.4 Å². The van der Waals surface area contributed by atoms with Gasteiger partial charge in [0.1, 0.15) is 11.9 Å². The lowest BCUT2D eigenvalue weighted by Gasteiger charge is -2.24. The van der Waals surface area contributed by atoms with E-state index >= 15 is 0 Å². The second kappa shape index (κ2) is 8.20. The fraction of sp³-hybridized carbons (Fsp3) is 0.500. The standard InChI is InChI=1S/C20H32O2Si2/c1-9-18(23(3,4)5)14-15-19(24(6,7)8)20(21)16-10-12-17(22-2)13-11-16/h10-13,20-21H,9H2,1-8H3. The van der Waals surface area contributed by atoms with Crippen LogP contribution in [0.1, 0.15) is 25.0 Å². The van der Waals surface area contributed by atoms with E-state index in [4.69, 9.17) is 4.74 Å². The Morgan fingerprint density at radius 3 is 1.92 bits per heavy atom. The highest BCUT2D eigenvalue weighted by Gasteiger charge is 2.27. The van der Waals surface area contributed by atoms with Crippen molar-refractivity contribution in [1.29, 1.82) is 0 Å². The molecule has 0 heterocycles. The number of allylic oxidation sites excluding steroid dienone is 1. The predicted molar refractivity (Wildman–Crippen MR) is 109 cm³/mol. The van der Waals surface area contributed by atoms with Gasteiger partial charge in [0, 0.05) is 0 Å². The maximum atomic E-state index is 10.9. The second-order valence-electron chi connectivity index (χ2n) is 8.17. The summed E-state index contributed by atoms with van der Waals surface area (Å²) < 4.78 is 5.20. The molecule has 0 saturated heterocycles. The van der Waals surface area contributed by atoms with Crippen molar-refractivity contribution in [3.8, 4) is 5.75 Å². The minimum absolute atomic E-state index is 0.630. The van der Waals surface area contributed by atoms with Gasteiger partial charge >= 0.3 is 0 Å². The molecule has 0 bridgehead atoms. The Labute approximate surface area is 149 Å². The fourth-order valence-electron chi connectivity index (χ4n) is 2.57. The summed E-state index contributed by atoms with van der Waals surface area (Å²) in [7, 11) is -1.47. The summed E-state index contributed by atoms with van der Waals surface area (Å²) in [5.74, 6) is 0.798. The Morgan fingerprint density at radius 1 is 1.00 bits per heavy atom. The quantitative estimate of drug-likeness (QED) is 0.536. The maximum Gasteiger partial charge on any atom is 0.118 e. The van der Waals surface area contributed by atoms with Gasteiger partial charge in [-0.2, -0.15) is 0 Å². The fourth-order valence-corrected chi connectivity index (χ4v) is 5.49. The molecule has 24 heavy (non-hydrogen) atoms. The molecule has 0 aliphatic heterocycles. The highest BCUT2D eigenvalue weighted by atomic mass is 28.3. The number of hydrogen-bond donors (Lipinski definition) is 1. The van der Waals surface area contributed by atoms with E-state index in [9.17, 15) is 5.11 Å². The second-order valence-corrected chi connectivity index (χ2v) is 18.3. The highest BCUT2D eigenvalue weighted by Crippen LogP contribution is 2.29. The SMILES string of the molecule is CCC(=C=C=C(C(O)c1ccc(OC)cc1)[Si](C)(C)C)[Si](C)(C)C. The maximum absolute atomic E-state index is 10.9. The molecule has 1 rings (SSSR count). The summed E-state index contributed by atoms with van der Waals surface area (Å²) >= 11 is 0. The Kier molecular flexibility index (Phi) is 7.09. The van der Waals surface area contributed by atoms with Crippen molar-refractivity contribution >= 4 is 16.1 Å². The van der Waals surface area contributed by atoms with Crippen LogP contribution in [0.2, 0.25) is 39.3 Å². The normalized spacial score (nSPS) is 12.9. The summed E-state index contributed by atoms with van der Waals surface area (Å²) in [6.07, 6.45) is 0.371. The molecule has 0 spiro atoms. The highest BCUT2D eigenvalue weighted by molar-refractivity contribution is 6.83. The third kappa shape index (κ3) is 5.66. The predicted octanol–water partition coefficient (Wildman–Crippen LogP) is 5.50. The topological polar surface area (TPSA) is 29.5 Å². The summed E-state index contributed by atoms with van der Waals surface area (Å²) in [6.45, 7) is 15.9. The number of aliphatic hydroxyl groups excluding tert-OH is 1. The Bertz CT molecular complexity index is 648. The van der Waals surface area contributed by atoms with Crippen LogP contribution < -0.4 is 4.74 Å². The van der Waals surface area contributed by atoms with Crippen molar-refractivity contribution < 1.29 is 9.84 Å². The molecule has 0 aromatic heterocycles. The molecule has 4 heteroatoms. The van der Waals surface area contributed by atoms with Gasteiger partial charge in [-0.15, -0.1) is 0 Å². The monoisotopic (exact) mass is 360 g/mol. The van der Waals surface area contributed by atoms with Crippen LogP contribution in [-0.2, 0) is 0 Å². The van der Waals surface area contributed by atoms with Gasteiger partial charge in [0.05, 0.1) is 23.3 Å². The molecule has 1 aromatic rings. The number of rotatable bonds is 6. The van der Waals surface area contributed by atoms with Gasteiger partial charge in [0.2, 0.25) is 0 Å². The van der Waals surface area contributed by atoms with Crippen molar-refractivity contribution in [3.63, 3.8) is 0 Å². The van der Waals surface area contributed by atoms with E-state index in [1.807, 2.05) is 24.3 Å². The Hall–Kier alpha value is -1.29.